The van der Waals surface area contributed by atoms with Gasteiger partial charge in [-0.05, 0) is 226 Å². The first-order valence-electron chi connectivity index (χ1n) is 27.7. The van der Waals surface area contributed by atoms with E-state index in [2.05, 4.69) is 289 Å². The lowest BCUT2D eigenvalue weighted by Crippen LogP contribution is -2.41. The lowest BCUT2D eigenvalue weighted by atomic mass is 9.71. The molecule has 0 bridgehead atoms. The summed E-state index contributed by atoms with van der Waals surface area (Å²) >= 11 is 0. The van der Waals surface area contributed by atoms with Crippen LogP contribution < -0.4 is 5.46 Å². The molecule has 1 saturated heterocycles. The lowest BCUT2D eigenvalue weighted by molar-refractivity contribution is 0.00578. The molecular formula is C76H55BO2. The van der Waals surface area contributed by atoms with Crippen LogP contribution >= 0.6 is 0 Å². The van der Waals surface area contributed by atoms with Crippen molar-refractivity contribution in [2.45, 2.75) is 38.9 Å². The van der Waals surface area contributed by atoms with Gasteiger partial charge in [0, 0.05) is 0 Å². The van der Waals surface area contributed by atoms with Crippen molar-refractivity contribution < 1.29 is 9.31 Å². The van der Waals surface area contributed by atoms with E-state index in [0.717, 1.165) is 38.8 Å². The fraction of sp³-hybridized carbons (Fsp3) is 0.0789. The first kappa shape index (κ1) is 47.1. The second-order valence-corrected chi connectivity index (χ2v) is 22.5. The van der Waals surface area contributed by atoms with Crippen LogP contribution in [0, 0.1) is 0 Å². The molecule has 3 heteroatoms. The molecule has 0 aromatic carbocycles. The van der Waals surface area contributed by atoms with E-state index < -0.39 is 18.3 Å². The predicted molar refractivity (Wildman–Crippen MR) is 331 cm³/mol. The van der Waals surface area contributed by atoms with Crippen molar-refractivity contribution in [3.8, 4) is 145 Å². The van der Waals surface area contributed by atoms with E-state index in [1.807, 2.05) is 0 Å². The van der Waals surface area contributed by atoms with Crippen LogP contribution in [0.25, 0.3) is 145 Å². The monoisotopic (exact) mass is 1010 g/mol. The Morgan fingerprint density at radius 2 is 0.405 bits per heavy atom. The third-order valence-electron chi connectivity index (χ3n) is 17.3. The van der Waals surface area contributed by atoms with E-state index in [0.29, 0.717) is 0 Å². The average molecular weight is 1010 g/mol. The topological polar surface area (TPSA) is 18.5 Å². The summed E-state index contributed by atoms with van der Waals surface area (Å²) in [6.07, 6.45) is 0. The van der Waals surface area contributed by atoms with E-state index in [1.165, 1.54) is 111 Å². The quantitative estimate of drug-likeness (QED) is 0.148. The van der Waals surface area contributed by atoms with Gasteiger partial charge in [0.25, 0.3) is 0 Å². The lowest BCUT2D eigenvalue weighted by Gasteiger charge is -2.32. The highest BCUT2D eigenvalue weighted by Gasteiger charge is 2.55. The van der Waals surface area contributed by atoms with Gasteiger partial charge in [-0.15, -0.1) is 0 Å². The summed E-state index contributed by atoms with van der Waals surface area (Å²) in [6, 6.07) is 96.5. The zero-order valence-electron chi connectivity index (χ0n) is 44.7. The van der Waals surface area contributed by atoms with E-state index in [4.69, 9.17) is 9.31 Å². The molecule has 1 aliphatic heterocycles. The van der Waals surface area contributed by atoms with E-state index in [-0.39, 0.29) is 0 Å². The Morgan fingerprint density at radius 3 is 0.620 bits per heavy atom. The summed E-state index contributed by atoms with van der Waals surface area (Å²) in [5, 5.41) is 0. The second-order valence-electron chi connectivity index (χ2n) is 22.5. The second kappa shape index (κ2) is 18.3. The maximum absolute atomic E-state index is 7.60. The highest BCUT2D eigenvalue weighted by molar-refractivity contribution is 6.67. The Labute approximate surface area is 463 Å². The summed E-state index contributed by atoms with van der Waals surface area (Å²) in [5.41, 5.74) is 30.2. The number of fused-ring (bicyclic) bond motifs is 7. The minimum atomic E-state index is -0.775. The molecule has 0 spiro atoms. The van der Waals surface area contributed by atoms with Gasteiger partial charge in [0.1, 0.15) is 0 Å². The van der Waals surface area contributed by atoms with Gasteiger partial charge in [0.05, 0.1) is 11.2 Å². The molecule has 0 amide bonds. The van der Waals surface area contributed by atoms with Crippen molar-refractivity contribution >= 4 is 12.6 Å². The maximum Gasteiger partial charge on any atom is 0.496 e. The van der Waals surface area contributed by atoms with Gasteiger partial charge in [-0.1, -0.05) is 212 Å². The van der Waals surface area contributed by atoms with Crippen molar-refractivity contribution in [3.05, 3.63) is 261 Å². The molecule has 0 aromatic rings. The summed E-state index contributed by atoms with van der Waals surface area (Å²) in [5.74, 6) is 0. The maximum atomic E-state index is 7.60. The molecule has 0 unspecified atom stereocenters. The Kier molecular flexibility index (Phi) is 10.9. The molecule has 1 fully saturated rings. The largest absolute Gasteiger partial charge is 0.496 e. The zero-order valence-corrected chi connectivity index (χ0v) is 44.7. The summed E-state index contributed by atoms with van der Waals surface area (Å²) < 4.78 is 15.2. The summed E-state index contributed by atoms with van der Waals surface area (Å²) in [6.45, 7) is 8.75. The van der Waals surface area contributed by atoms with Crippen LogP contribution in [-0.2, 0) is 9.31 Å². The molecule has 0 saturated carbocycles. The Balaban J connectivity index is 1.18. The van der Waals surface area contributed by atoms with Gasteiger partial charge >= 0.3 is 7.12 Å². The van der Waals surface area contributed by atoms with Crippen LogP contribution in [0.4, 0.5) is 0 Å². The van der Waals surface area contributed by atoms with Crippen LogP contribution in [0.1, 0.15) is 27.7 Å². The fourth-order valence-electron chi connectivity index (χ4n) is 13.0. The van der Waals surface area contributed by atoms with Gasteiger partial charge in [0.15, 0.2) is 0 Å². The predicted octanol–water partition coefficient (Wildman–Crippen LogP) is 19.7. The van der Waals surface area contributed by atoms with E-state index in [1.54, 1.807) is 0 Å². The van der Waals surface area contributed by atoms with Gasteiger partial charge in [-0.3, -0.25) is 0 Å². The molecule has 79 heavy (non-hydrogen) atoms. The van der Waals surface area contributed by atoms with E-state index >= 15 is 0 Å². The van der Waals surface area contributed by atoms with Gasteiger partial charge in [-0.2, -0.15) is 0 Å². The smallest absolute Gasteiger partial charge is 0.399 e. The SMILES string of the molecule is CC1(C)OB(c2c(-c3c(-c4cc5cccccc-5c4)c4cccccc-4c3-c3cc4cccccc-4c3)c3cccccc-3c2-c2c(-c3cc4cccccc-4c3)c3cccccc-3c2-c2cc3cccccc-3c2)OC1(C)C. The molecule has 0 atom stereocenters. The van der Waals surface area contributed by atoms with Crippen LogP contribution in [-0.4, -0.2) is 18.3 Å². The standard InChI is InChI=1S/C76H55BO2/c1-75(2)76(3,4)79-77(78-75)74-70(72-66(56-40-48-26-12-5-13-27-49(48)41-56)60-34-20-9-21-35-61(60)67(72)57-42-50-28-14-6-15-29-51(50)43-57)64-38-24-11-25-39-65(64)71(74)73-68(58-44-52-30-16-7-17-31-53(52)45-58)62-36-22-10-23-37-63(62)69(73)59-46-54-32-18-8-19-33-55(54)47-59/h5-47H,1-4H3. The highest BCUT2D eigenvalue weighted by atomic mass is 16.7. The third-order valence-corrected chi connectivity index (χ3v) is 17.3. The minimum absolute atomic E-state index is 0.664. The van der Waals surface area contributed by atoms with Crippen molar-refractivity contribution in [1.82, 2.24) is 0 Å². The normalized spacial score (nSPS) is 14.2. The minimum Gasteiger partial charge on any atom is -0.399 e. The Hall–Kier alpha value is -9.12. The molecule has 15 aliphatic rings. The highest BCUT2D eigenvalue weighted by Crippen LogP contribution is 2.61. The Morgan fingerprint density at radius 1 is 0.215 bits per heavy atom. The Bertz CT molecular complexity index is 3790. The first-order valence-corrected chi connectivity index (χ1v) is 27.7. The van der Waals surface area contributed by atoms with Crippen molar-refractivity contribution in [2.24, 2.45) is 0 Å². The zero-order chi connectivity index (χ0) is 53.0. The van der Waals surface area contributed by atoms with Crippen LogP contribution in [0.2, 0.25) is 0 Å². The molecular weight excluding hydrogens is 956 g/mol. The number of hydrogen-bond donors (Lipinski definition) is 0. The molecule has 0 aromatic heterocycles. The summed E-state index contributed by atoms with van der Waals surface area (Å²) in [4.78, 5) is 0. The molecule has 0 N–H and O–H groups in total. The summed E-state index contributed by atoms with van der Waals surface area (Å²) in [7, 11) is -0.775. The van der Waals surface area contributed by atoms with Crippen molar-refractivity contribution in [1.29, 1.82) is 0 Å². The van der Waals surface area contributed by atoms with Gasteiger partial charge < -0.3 is 9.31 Å². The van der Waals surface area contributed by atoms with Crippen LogP contribution in [0.15, 0.2) is 261 Å². The third kappa shape index (κ3) is 7.56. The van der Waals surface area contributed by atoms with Crippen LogP contribution in [0.5, 0.6) is 0 Å². The molecule has 374 valence electrons. The average Bonchev–Trinajstić information content (AvgIpc) is 2.56. The molecule has 15 rings (SSSR count). The fourth-order valence-corrected chi connectivity index (χ4v) is 13.0. The van der Waals surface area contributed by atoms with Crippen LogP contribution in [0.3, 0.4) is 0 Å². The number of hydrogen-bond acceptors (Lipinski definition) is 2. The first-order chi connectivity index (χ1) is 38.7. The molecule has 14 aliphatic carbocycles. The van der Waals surface area contributed by atoms with Gasteiger partial charge in [-0.25, -0.2) is 0 Å². The molecule has 1 heterocycles. The van der Waals surface area contributed by atoms with Crippen molar-refractivity contribution in [2.75, 3.05) is 0 Å². The molecule has 2 nitrogen and oxygen atoms in total. The van der Waals surface area contributed by atoms with Gasteiger partial charge in [0.2, 0.25) is 0 Å². The molecule has 0 radical (unpaired) electrons. The van der Waals surface area contributed by atoms with Crippen molar-refractivity contribution in [3.63, 3.8) is 0 Å². The van der Waals surface area contributed by atoms with E-state index in [9.17, 15) is 0 Å². The number of rotatable bonds is 7.